The Hall–Kier alpha value is -1.43. The van der Waals surface area contributed by atoms with Crippen molar-refractivity contribution < 1.29 is 8.42 Å². The lowest BCUT2D eigenvalue weighted by molar-refractivity contribution is 0.501. The van der Waals surface area contributed by atoms with E-state index < -0.39 is 9.84 Å². The van der Waals surface area contributed by atoms with Gasteiger partial charge in [-0.2, -0.15) is 0 Å². The minimum atomic E-state index is -2.90. The number of rotatable bonds is 3. The summed E-state index contributed by atoms with van der Waals surface area (Å²) in [6.45, 7) is 5.10. The fourth-order valence-corrected chi connectivity index (χ4v) is 4.57. The summed E-state index contributed by atoms with van der Waals surface area (Å²) in [4.78, 5) is 9.06. The van der Waals surface area contributed by atoms with E-state index in [1.807, 2.05) is 12.1 Å². The molecule has 0 spiro atoms. The van der Waals surface area contributed by atoms with E-state index in [0.717, 1.165) is 23.5 Å². The van der Waals surface area contributed by atoms with Crippen LogP contribution in [0, 0.1) is 5.92 Å². The highest BCUT2D eigenvalue weighted by molar-refractivity contribution is 7.91. The van der Waals surface area contributed by atoms with Gasteiger partial charge in [-0.25, -0.2) is 18.4 Å². The molecule has 0 amide bonds. The van der Waals surface area contributed by atoms with Gasteiger partial charge in [0.15, 0.2) is 15.5 Å². The van der Waals surface area contributed by atoms with E-state index in [1.165, 1.54) is 0 Å². The Morgan fingerprint density at radius 2 is 2.25 bits per heavy atom. The fraction of sp³-hybridized carbons (Fsp3) is 0.571. The Balaban J connectivity index is 2.09. The number of hydrogen-bond donors (Lipinski definition) is 0. The Labute approximate surface area is 119 Å². The van der Waals surface area contributed by atoms with Gasteiger partial charge in [0.05, 0.1) is 11.5 Å². The van der Waals surface area contributed by atoms with Crippen molar-refractivity contribution in [1.82, 2.24) is 14.5 Å². The Bertz CT molecular complexity index is 734. The summed E-state index contributed by atoms with van der Waals surface area (Å²) < 4.78 is 25.5. The SMILES string of the molecule is CC(C)Cn1c(C2CCS(=O)(=O)C2)nc2cccnc21. The number of aromatic nitrogens is 3. The van der Waals surface area contributed by atoms with Crippen LogP contribution in [0.2, 0.25) is 0 Å². The van der Waals surface area contributed by atoms with Crippen LogP contribution in [0.5, 0.6) is 0 Å². The molecule has 1 fully saturated rings. The molecule has 2 aromatic heterocycles. The molecule has 3 rings (SSSR count). The van der Waals surface area contributed by atoms with Gasteiger partial charge in [0, 0.05) is 18.7 Å². The van der Waals surface area contributed by atoms with Crippen LogP contribution in [-0.4, -0.2) is 34.5 Å². The molecule has 6 heteroatoms. The van der Waals surface area contributed by atoms with Crippen LogP contribution in [0.3, 0.4) is 0 Å². The van der Waals surface area contributed by atoms with Gasteiger partial charge in [-0.15, -0.1) is 0 Å². The van der Waals surface area contributed by atoms with Crippen molar-refractivity contribution in [2.75, 3.05) is 11.5 Å². The zero-order valence-electron chi connectivity index (χ0n) is 11.8. The van der Waals surface area contributed by atoms with Crippen LogP contribution in [-0.2, 0) is 16.4 Å². The summed E-state index contributed by atoms with van der Waals surface area (Å²) in [6.07, 6.45) is 2.43. The quantitative estimate of drug-likeness (QED) is 0.868. The van der Waals surface area contributed by atoms with Crippen molar-refractivity contribution in [2.24, 2.45) is 5.92 Å². The van der Waals surface area contributed by atoms with Gasteiger partial charge < -0.3 is 4.57 Å². The zero-order chi connectivity index (χ0) is 14.3. The lowest BCUT2D eigenvalue weighted by atomic mass is 10.1. The molecule has 0 bridgehead atoms. The average Bonchev–Trinajstić information content (AvgIpc) is 2.90. The van der Waals surface area contributed by atoms with Gasteiger partial charge in [-0.1, -0.05) is 13.8 Å². The van der Waals surface area contributed by atoms with Gasteiger partial charge in [0.25, 0.3) is 0 Å². The van der Waals surface area contributed by atoms with E-state index >= 15 is 0 Å². The van der Waals surface area contributed by atoms with Crippen molar-refractivity contribution in [2.45, 2.75) is 32.7 Å². The molecule has 5 nitrogen and oxygen atoms in total. The van der Waals surface area contributed by atoms with Crippen molar-refractivity contribution in [3.8, 4) is 0 Å². The first-order valence-electron chi connectivity index (χ1n) is 6.98. The number of hydrogen-bond acceptors (Lipinski definition) is 4. The topological polar surface area (TPSA) is 64.8 Å². The van der Waals surface area contributed by atoms with E-state index in [2.05, 4.69) is 28.4 Å². The maximum absolute atomic E-state index is 11.7. The first kappa shape index (κ1) is 13.5. The first-order chi connectivity index (χ1) is 9.46. The van der Waals surface area contributed by atoms with Crippen molar-refractivity contribution in [3.63, 3.8) is 0 Å². The minimum Gasteiger partial charge on any atom is -0.312 e. The highest BCUT2D eigenvalue weighted by Gasteiger charge is 2.32. The van der Waals surface area contributed by atoms with Gasteiger partial charge in [-0.05, 0) is 24.5 Å². The lowest BCUT2D eigenvalue weighted by Gasteiger charge is -2.14. The van der Waals surface area contributed by atoms with Crippen molar-refractivity contribution in [1.29, 1.82) is 0 Å². The predicted molar refractivity (Wildman–Crippen MR) is 78.4 cm³/mol. The van der Waals surface area contributed by atoms with Crippen LogP contribution < -0.4 is 0 Å². The van der Waals surface area contributed by atoms with Crippen molar-refractivity contribution in [3.05, 3.63) is 24.2 Å². The maximum atomic E-state index is 11.7. The third-order valence-electron chi connectivity index (χ3n) is 3.68. The highest BCUT2D eigenvalue weighted by Crippen LogP contribution is 2.30. The molecule has 2 aromatic rings. The molecule has 0 saturated carbocycles. The van der Waals surface area contributed by atoms with Crippen molar-refractivity contribution >= 4 is 21.0 Å². The molecule has 3 heterocycles. The molecule has 1 aliphatic heterocycles. The largest absolute Gasteiger partial charge is 0.312 e. The molecule has 1 aliphatic rings. The van der Waals surface area contributed by atoms with Gasteiger partial charge in [0.2, 0.25) is 0 Å². The third-order valence-corrected chi connectivity index (χ3v) is 5.45. The van der Waals surface area contributed by atoms with Crippen LogP contribution in [0.4, 0.5) is 0 Å². The second-order valence-electron chi connectivity index (χ2n) is 5.92. The molecule has 1 saturated heterocycles. The van der Waals surface area contributed by atoms with Crippen LogP contribution in [0.25, 0.3) is 11.2 Å². The molecule has 0 radical (unpaired) electrons. The van der Waals surface area contributed by atoms with E-state index in [1.54, 1.807) is 6.20 Å². The minimum absolute atomic E-state index is 0.00736. The predicted octanol–water partition coefficient (Wildman–Crippen LogP) is 1.99. The van der Waals surface area contributed by atoms with E-state index in [4.69, 9.17) is 0 Å². The third kappa shape index (κ3) is 2.44. The number of sulfone groups is 1. The monoisotopic (exact) mass is 293 g/mol. The fourth-order valence-electron chi connectivity index (χ4n) is 2.83. The lowest BCUT2D eigenvalue weighted by Crippen LogP contribution is -2.14. The van der Waals surface area contributed by atoms with E-state index in [9.17, 15) is 8.42 Å². The average molecular weight is 293 g/mol. The summed E-state index contributed by atoms with van der Waals surface area (Å²) >= 11 is 0. The standard InChI is InChI=1S/C14H19N3O2S/c1-10(2)8-17-13(11-5-7-20(18,19)9-11)16-12-4-3-6-15-14(12)17/h3-4,6,10-11H,5,7-9H2,1-2H3. The summed E-state index contributed by atoms with van der Waals surface area (Å²) in [5.41, 5.74) is 1.72. The Morgan fingerprint density at radius 1 is 1.45 bits per heavy atom. The summed E-state index contributed by atoms with van der Waals surface area (Å²) in [7, 11) is -2.90. The van der Waals surface area contributed by atoms with Crippen LogP contribution in [0.15, 0.2) is 18.3 Å². The Morgan fingerprint density at radius 3 is 2.90 bits per heavy atom. The molecular formula is C14H19N3O2S. The molecular weight excluding hydrogens is 274 g/mol. The molecule has 1 unspecified atom stereocenters. The summed E-state index contributed by atoms with van der Waals surface area (Å²) in [5.74, 6) is 1.84. The van der Waals surface area contributed by atoms with E-state index in [-0.39, 0.29) is 17.4 Å². The Kier molecular flexibility index (Phi) is 3.28. The number of nitrogens with zero attached hydrogens (tertiary/aromatic N) is 3. The second kappa shape index (κ2) is 4.84. The maximum Gasteiger partial charge on any atom is 0.159 e. The number of fused-ring (bicyclic) bond motifs is 1. The van der Waals surface area contributed by atoms with E-state index in [0.29, 0.717) is 12.3 Å². The summed E-state index contributed by atoms with van der Waals surface area (Å²) in [6, 6.07) is 3.80. The first-order valence-corrected chi connectivity index (χ1v) is 8.80. The highest BCUT2D eigenvalue weighted by atomic mass is 32.2. The smallest absolute Gasteiger partial charge is 0.159 e. The summed E-state index contributed by atoms with van der Waals surface area (Å²) in [5, 5.41) is 0. The van der Waals surface area contributed by atoms with Gasteiger partial charge in [-0.3, -0.25) is 0 Å². The molecule has 108 valence electrons. The van der Waals surface area contributed by atoms with Crippen LogP contribution >= 0.6 is 0 Å². The molecule has 1 atom stereocenters. The number of pyridine rings is 1. The molecule has 20 heavy (non-hydrogen) atoms. The normalized spacial score (nSPS) is 21.9. The molecule has 0 N–H and O–H groups in total. The zero-order valence-corrected chi connectivity index (χ0v) is 12.6. The van der Waals surface area contributed by atoms with Gasteiger partial charge >= 0.3 is 0 Å². The molecule has 0 aliphatic carbocycles. The van der Waals surface area contributed by atoms with Gasteiger partial charge in [0.1, 0.15) is 11.3 Å². The van der Waals surface area contributed by atoms with Crippen LogP contribution in [0.1, 0.15) is 32.0 Å². The number of imidazole rings is 1. The second-order valence-corrected chi connectivity index (χ2v) is 8.15. The molecule has 0 aromatic carbocycles.